The van der Waals surface area contributed by atoms with Crippen LogP contribution in [0.2, 0.25) is 0 Å². The molecule has 0 bridgehead atoms. The lowest BCUT2D eigenvalue weighted by atomic mass is 10.0. The zero-order valence-electron chi connectivity index (χ0n) is 11.2. The summed E-state index contributed by atoms with van der Waals surface area (Å²) in [7, 11) is 0. The smallest absolute Gasteiger partial charge is 0.415 e. The first-order chi connectivity index (χ1) is 8.97. The molecule has 0 spiro atoms. The molecule has 19 heavy (non-hydrogen) atoms. The number of nitrogens with zero attached hydrogens (tertiary/aromatic N) is 1. The Bertz CT molecular complexity index is 526. The number of carboxylic acids is 1. The Labute approximate surface area is 111 Å². The van der Waals surface area contributed by atoms with Crippen LogP contribution in [0.25, 0.3) is 0 Å². The van der Waals surface area contributed by atoms with Gasteiger partial charge in [0.25, 0.3) is 0 Å². The van der Waals surface area contributed by atoms with Crippen molar-refractivity contribution in [2.75, 3.05) is 4.90 Å². The number of anilines is 1. The third-order valence-corrected chi connectivity index (χ3v) is 3.40. The van der Waals surface area contributed by atoms with Gasteiger partial charge in [-0.1, -0.05) is 25.1 Å². The molecule has 1 aromatic carbocycles. The molecule has 0 aliphatic carbocycles. The number of para-hydroxylation sites is 1. The van der Waals surface area contributed by atoms with Gasteiger partial charge in [0, 0.05) is 0 Å². The lowest BCUT2D eigenvalue weighted by molar-refractivity contribution is -0.139. The Morgan fingerprint density at radius 3 is 2.74 bits per heavy atom. The van der Waals surface area contributed by atoms with Gasteiger partial charge in [-0.3, -0.25) is 4.90 Å². The van der Waals surface area contributed by atoms with E-state index in [2.05, 4.69) is 0 Å². The molecule has 0 aromatic heterocycles. The number of carbonyl (C=O) groups excluding carboxylic acids is 1. The summed E-state index contributed by atoms with van der Waals surface area (Å²) in [6, 6.07) is 4.69. The van der Waals surface area contributed by atoms with E-state index in [1.165, 1.54) is 4.90 Å². The summed E-state index contributed by atoms with van der Waals surface area (Å²) < 4.78 is 5.06. The first-order valence-corrected chi connectivity index (χ1v) is 6.28. The van der Waals surface area contributed by atoms with Crippen molar-refractivity contribution in [1.82, 2.24) is 0 Å². The van der Waals surface area contributed by atoms with Gasteiger partial charge in [0.15, 0.2) is 6.04 Å². The fraction of sp³-hybridized carbons (Fsp3) is 0.429. The standard InChI is InChI=1S/C14H17NO4/c1-4-10-7-5-6-8(2)11(10)15-12(13(16)17)9(3)19-14(15)18/h5-7,9,12H,4H2,1-3H3,(H,16,17). The molecule has 2 rings (SSSR count). The molecule has 1 saturated heterocycles. The maximum absolute atomic E-state index is 12.0. The summed E-state index contributed by atoms with van der Waals surface area (Å²) in [4.78, 5) is 24.6. The minimum Gasteiger partial charge on any atom is -0.480 e. The van der Waals surface area contributed by atoms with Gasteiger partial charge in [-0.15, -0.1) is 0 Å². The van der Waals surface area contributed by atoms with E-state index >= 15 is 0 Å². The molecule has 102 valence electrons. The Hall–Kier alpha value is -2.04. The number of rotatable bonds is 3. The number of ether oxygens (including phenoxy) is 1. The van der Waals surface area contributed by atoms with Crippen molar-refractivity contribution < 1.29 is 19.4 Å². The minimum atomic E-state index is -1.05. The van der Waals surface area contributed by atoms with E-state index in [9.17, 15) is 14.7 Å². The molecule has 5 heteroatoms. The van der Waals surface area contributed by atoms with Crippen molar-refractivity contribution in [2.45, 2.75) is 39.3 Å². The van der Waals surface area contributed by atoms with Gasteiger partial charge in [0.05, 0.1) is 5.69 Å². The second kappa shape index (κ2) is 4.91. The number of cyclic esters (lactones) is 1. The van der Waals surface area contributed by atoms with E-state index < -0.39 is 24.2 Å². The lowest BCUT2D eigenvalue weighted by Crippen LogP contribution is -2.43. The van der Waals surface area contributed by atoms with Crippen LogP contribution < -0.4 is 4.90 Å². The molecule has 1 heterocycles. The molecule has 5 nitrogen and oxygen atoms in total. The maximum atomic E-state index is 12.0. The highest BCUT2D eigenvalue weighted by molar-refractivity contribution is 5.99. The number of carbonyl (C=O) groups is 2. The van der Waals surface area contributed by atoms with Crippen molar-refractivity contribution in [3.05, 3.63) is 29.3 Å². The highest BCUT2D eigenvalue weighted by Gasteiger charge is 2.45. The Balaban J connectivity index is 2.56. The van der Waals surface area contributed by atoms with Crippen LogP contribution in [0.3, 0.4) is 0 Å². The van der Waals surface area contributed by atoms with Crippen LogP contribution in [0.1, 0.15) is 25.0 Å². The molecule has 1 N–H and O–H groups in total. The first-order valence-electron chi connectivity index (χ1n) is 6.28. The van der Waals surface area contributed by atoms with E-state index in [-0.39, 0.29) is 0 Å². The molecule has 2 atom stereocenters. The van der Waals surface area contributed by atoms with E-state index in [1.54, 1.807) is 6.92 Å². The van der Waals surface area contributed by atoms with Crippen molar-refractivity contribution in [2.24, 2.45) is 0 Å². The number of aliphatic carboxylic acids is 1. The molecule has 1 fully saturated rings. The van der Waals surface area contributed by atoms with Crippen LogP contribution in [-0.2, 0) is 16.0 Å². The van der Waals surface area contributed by atoms with E-state index in [0.29, 0.717) is 5.69 Å². The molecule has 1 aliphatic rings. The molecular formula is C14H17NO4. The minimum absolute atomic E-state index is 0.594. The van der Waals surface area contributed by atoms with Gasteiger partial charge in [0.1, 0.15) is 6.10 Å². The average Bonchev–Trinajstić information content (AvgIpc) is 2.63. The summed E-state index contributed by atoms with van der Waals surface area (Å²) in [5, 5.41) is 9.31. The fourth-order valence-corrected chi connectivity index (χ4v) is 2.50. The molecule has 1 amide bonds. The molecule has 2 unspecified atom stereocenters. The second-order valence-corrected chi connectivity index (χ2v) is 4.68. The molecule has 1 aromatic rings. The van der Waals surface area contributed by atoms with E-state index in [4.69, 9.17) is 4.74 Å². The van der Waals surface area contributed by atoms with Crippen LogP contribution >= 0.6 is 0 Å². The Kier molecular flexibility index (Phi) is 3.46. The van der Waals surface area contributed by atoms with E-state index in [1.807, 2.05) is 32.0 Å². The van der Waals surface area contributed by atoms with Crippen LogP contribution in [-0.4, -0.2) is 29.3 Å². The third-order valence-electron chi connectivity index (χ3n) is 3.40. The van der Waals surface area contributed by atoms with Gasteiger partial charge < -0.3 is 9.84 Å². The van der Waals surface area contributed by atoms with Gasteiger partial charge >= 0.3 is 12.1 Å². The van der Waals surface area contributed by atoms with Crippen molar-refractivity contribution in [3.8, 4) is 0 Å². The largest absolute Gasteiger partial charge is 0.480 e. The van der Waals surface area contributed by atoms with Gasteiger partial charge in [-0.05, 0) is 31.4 Å². The predicted octanol–water partition coefficient (Wildman–Crippen LogP) is 2.36. The summed E-state index contributed by atoms with van der Waals surface area (Å²) in [6.07, 6.45) is -0.528. The average molecular weight is 263 g/mol. The zero-order valence-corrected chi connectivity index (χ0v) is 11.2. The fourth-order valence-electron chi connectivity index (χ4n) is 2.50. The molecular weight excluding hydrogens is 246 g/mol. The molecule has 0 radical (unpaired) electrons. The number of hydrogen-bond donors (Lipinski definition) is 1. The van der Waals surface area contributed by atoms with Crippen LogP contribution in [0.15, 0.2) is 18.2 Å². The maximum Gasteiger partial charge on any atom is 0.415 e. The van der Waals surface area contributed by atoms with Crippen LogP contribution in [0, 0.1) is 6.92 Å². The summed E-state index contributed by atoms with van der Waals surface area (Å²) in [5.41, 5.74) is 2.47. The van der Waals surface area contributed by atoms with Gasteiger partial charge in [-0.25, -0.2) is 9.59 Å². The van der Waals surface area contributed by atoms with E-state index in [0.717, 1.165) is 17.5 Å². The predicted molar refractivity (Wildman–Crippen MR) is 70.4 cm³/mol. The van der Waals surface area contributed by atoms with Crippen molar-refractivity contribution in [3.63, 3.8) is 0 Å². The highest BCUT2D eigenvalue weighted by atomic mass is 16.6. The number of hydrogen-bond acceptors (Lipinski definition) is 3. The summed E-state index contributed by atoms with van der Waals surface area (Å²) in [6.45, 7) is 5.43. The second-order valence-electron chi connectivity index (χ2n) is 4.68. The third kappa shape index (κ3) is 2.16. The number of benzene rings is 1. The molecule has 0 saturated carbocycles. The van der Waals surface area contributed by atoms with Crippen LogP contribution in [0.5, 0.6) is 0 Å². The lowest BCUT2D eigenvalue weighted by Gasteiger charge is -2.24. The van der Waals surface area contributed by atoms with Gasteiger partial charge in [-0.2, -0.15) is 0 Å². The first kappa shape index (κ1) is 13.4. The monoisotopic (exact) mass is 263 g/mol. The number of aryl methyl sites for hydroxylation is 2. The Morgan fingerprint density at radius 2 is 2.16 bits per heavy atom. The SMILES string of the molecule is CCc1cccc(C)c1N1C(=O)OC(C)C1C(=O)O. The molecule has 1 aliphatic heterocycles. The normalized spacial score (nSPS) is 22.5. The Morgan fingerprint density at radius 1 is 1.47 bits per heavy atom. The highest BCUT2D eigenvalue weighted by Crippen LogP contribution is 2.33. The zero-order chi connectivity index (χ0) is 14.2. The summed E-state index contributed by atoms with van der Waals surface area (Å²) in [5.74, 6) is -1.05. The quantitative estimate of drug-likeness (QED) is 0.909. The van der Waals surface area contributed by atoms with Gasteiger partial charge in [0.2, 0.25) is 0 Å². The summed E-state index contributed by atoms with van der Waals surface area (Å²) >= 11 is 0. The van der Waals surface area contributed by atoms with Crippen molar-refractivity contribution in [1.29, 1.82) is 0 Å². The van der Waals surface area contributed by atoms with Crippen molar-refractivity contribution >= 4 is 17.7 Å². The number of amides is 1. The van der Waals surface area contributed by atoms with Crippen LogP contribution in [0.4, 0.5) is 10.5 Å². The number of carboxylic acid groups (broad SMARTS) is 1. The topological polar surface area (TPSA) is 66.8 Å².